The second-order valence-corrected chi connectivity index (χ2v) is 5.43. The van der Waals surface area contributed by atoms with Gasteiger partial charge in [0.1, 0.15) is 17.5 Å². The predicted molar refractivity (Wildman–Crippen MR) is 81.8 cm³/mol. The van der Waals surface area contributed by atoms with Crippen LogP contribution in [0.1, 0.15) is 11.4 Å². The number of aryl methyl sites for hydroxylation is 2. The van der Waals surface area contributed by atoms with Crippen LogP contribution >= 0.6 is 23.2 Å². The van der Waals surface area contributed by atoms with Crippen molar-refractivity contribution in [3.8, 4) is 5.75 Å². The van der Waals surface area contributed by atoms with Crippen molar-refractivity contribution in [1.82, 2.24) is 19.7 Å². The van der Waals surface area contributed by atoms with Crippen molar-refractivity contribution in [2.45, 2.75) is 13.5 Å². The number of fused-ring (bicyclic) bond motifs is 1. The first-order chi connectivity index (χ1) is 10.0. The molecular weight excluding hydrogens is 311 g/mol. The highest BCUT2D eigenvalue weighted by atomic mass is 35.5. The Morgan fingerprint density at radius 1 is 1.24 bits per heavy atom. The summed E-state index contributed by atoms with van der Waals surface area (Å²) in [5, 5.41) is 5.89. The lowest BCUT2D eigenvalue weighted by atomic mass is 10.2. The molecule has 0 saturated heterocycles. The van der Waals surface area contributed by atoms with Crippen molar-refractivity contribution in [1.29, 1.82) is 0 Å². The molecule has 2 aromatic heterocycles. The van der Waals surface area contributed by atoms with Crippen molar-refractivity contribution in [3.05, 3.63) is 46.0 Å². The normalized spacial score (nSPS) is 11.0. The van der Waals surface area contributed by atoms with E-state index in [1.54, 1.807) is 24.0 Å². The van der Waals surface area contributed by atoms with Crippen LogP contribution in [0.25, 0.3) is 11.0 Å². The Morgan fingerprint density at radius 2 is 2.05 bits per heavy atom. The Kier molecular flexibility index (Phi) is 3.69. The molecule has 3 rings (SSSR count). The minimum atomic E-state index is 0.226. The van der Waals surface area contributed by atoms with Gasteiger partial charge in [0, 0.05) is 12.1 Å². The molecule has 0 spiro atoms. The molecule has 3 aromatic rings. The van der Waals surface area contributed by atoms with Gasteiger partial charge in [-0.15, -0.1) is 0 Å². The van der Waals surface area contributed by atoms with Crippen molar-refractivity contribution in [3.63, 3.8) is 0 Å². The first-order valence-electron chi connectivity index (χ1n) is 6.27. The largest absolute Gasteiger partial charge is 0.485 e. The number of hydrogen-bond donors (Lipinski definition) is 0. The summed E-state index contributed by atoms with van der Waals surface area (Å²) in [5.74, 6) is 1.25. The van der Waals surface area contributed by atoms with E-state index in [0.717, 1.165) is 16.7 Å². The number of nitrogens with zero attached hydrogens (tertiary/aromatic N) is 4. The lowest BCUT2D eigenvalue weighted by molar-refractivity contribution is 0.294. The molecule has 0 aliphatic carbocycles. The number of benzene rings is 1. The van der Waals surface area contributed by atoms with Crippen molar-refractivity contribution < 1.29 is 4.74 Å². The van der Waals surface area contributed by atoms with Gasteiger partial charge >= 0.3 is 0 Å². The average molecular weight is 323 g/mol. The van der Waals surface area contributed by atoms with E-state index in [1.807, 2.05) is 19.1 Å². The Bertz CT molecular complexity index is 816. The van der Waals surface area contributed by atoms with Gasteiger partial charge in [-0.2, -0.15) is 5.10 Å². The minimum absolute atomic E-state index is 0.226. The highest BCUT2D eigenvalue weighted by Crippen LogP contribution is 2.23. The molecule has 5 nitrogen and oxygen atoms in total. The summed E-state index contributed by atoms with van der Waals surface area (Å²) in [6.07, 6.45) is 1.64. The molecule has 0 N–H and O–H groups in total. The van der Waals surface area contributed by atoms with E-state index >= 15 is 0 Å². The first-order valence-corrected chi connectivity index (χ1v) is 7.03. The van der Waals surface area contributed by atoms with Crippen molar-refractivity contribution in [2.24, 2.45) is 7.05 Å². The van der Waals surface area contributed by atoms with Gasteiger partial charge in [0.2, 0.25) is 0 Å². The zero-order valence-corrected chi connectivity index (χ0v) is 13.0. The molecule has 0 aliphatic rings. The Hall–Kier alpha value is -1.85. The van der Waals surface area contributed by atoms with Gasteiger partial charge in [-0.3, -0.25) is 4.68 Å². The van der Waals surface area contributed by atoms with E-state index in [4.69, 9.17) is 27.9 Å². The molecular formula is C14H12Cl2N4O. The zero-order chi connectivity index (χ0) is 15.0. The van der Waals surface area contributed by atoms with Crippen LogP contribution in [-0.2, 0) is 13.7 Å². The highest BCUT2D eigenvalue weighted by Gasteiger charge is 2.10. The molecule has 21 heavy (non-hydrogen) atoms. The predicted octanol–water partition coefficient (Wildman–Crippen LogP) is 3.56. The summed E-state index contributed by atoms with van der Waals surface area (Å²) in [6, 6.07) is 5.44. The van der Waals surface area contributed by atoms with Crippen LogP contribution in [0.4, 0.5) is 0 Å². The van der Waals surface area contributed by atoms with Crippen LogP contribution < -0.4 is 4.74 Å². The molecule has 1 aromatic carbocycles. The highest BCUT2D eigenvalue weighted by molar-refractivity contribution is 6.33. The summed E-state index contributed by atoms with van der Waals surface area (Å²) in [6.45, 7) is 2.16. The van der Waals surface area contributed by atoms with Gasteiger partial charge in [-0.05, 0) is 30.7 Å². The molecule has 0 saturated carbocycles. The molecule has 0 atom stereocenters. The molecule has 7 heteroatoms. The summed E-state index contributed by atoms with van der Waals surface area (Å²) in [7, 11) is 1.81. The van der Waals surface area contributed by atoms with E-state index in [1.165, 1.54) is 0 Å². The second kappa shape index (κ2) is 5.50. The van der Waals surface area contributed by atoms with E-state index in [-0.39, 0.29) is 6.61 Å². The third kappa shape index (κ3) is 2.80. The number of hydrogen-bond acceptors (Lipinski definition) is 4. The van der Waals surface area contributed by atoms with Crippen LogP contribution in [-0.4, -0.2) is 19.7 Å². The van der Waals surface area contributed by atoms with Crippen molar-refractivity contribution >= 4 is 34.2 Å². The lowest BCUT2D eigenvalue weighted by Crippen LogP contribution is -2.04. The van der Waals surface area contributed by atoms with E-state index in [9.17, 15) is 0 Å². The van der Waals surface area contributed by atoms with Crippen LogP contribution in [0.2, 0.25) is 10.2 Å². The van der Waals surface area contributed by atoms with E-state index < -0.39 is 0 Å². The smallest absolute Gasteiger partial charge is 0.170 e. The maximum atomic E-state index is 6.13. The topological polar surface area (TPSA) is 52.8 Å². The monoisotopic (exact) mass is 322 g/mol. The standard InChI is InChI=1S/C14H12Cl2N4O/c1-8-5-9(15)3-4-11(8)21-7-12-18-13(16)10-6-17-20(2)14(10)19-12/h3-6H,7H2,1-2H3. The van der Waals surface area contributed by atoms with Gasteiger partial charge < -0.3 is 4.74 Å². The van der Waals surface area contributed by atoms with E-state index in [0.29, 0.717) is 21.6 Å². The number of halogens is 2. The van der Waals surface area contributed by atoms with Gasteiger partial charge in [0.25, 0.3) is 0 Å². The molecule has 0 unspecified atom stereocenters. The molecule has 0 fully saturated rings. The van der Waals surface area contributed by atoms with Gasteiger partial charge in [-0.25, -0.2) is 9.97 Å². The van der Waals surface area contributed by atoms with Crippen molar-refractivity contribution in [2.75, 3.05) is 0 Å². The Labute approximate surface area is 131 Å². The molecule has 0 radical (unpaired) electrons. The summed E-state index contributed by atoms with van der Waals surface area (Å²) < 4.78 is 7.38. The zero-order valence-electron chi connectivity index (χ0n) is 11.5. The van der Waals surface area contributed by atoms with Gasteiger partial charge in [-0.1, -0.05) is 23.2 Å². The molecule has 0 amide bonds. The maximum Gasteiger partial charge on any atom is 0.170 e. The van der Waals surface area contributed by atoms with E-state index in [2.05, 4.69) is 15.1 Å². The second-order valence-electron chi connectivity index (χ2n) is 4.63. The minimum Gasteiger partial charge on any atom is -0.485 e. The molecule has 0 bridgehead atoms. The average Bonchev–Trinajstić information content (AvgIpc) is 2.80. The van der Waals surface area contributed by atoms with Crippen LogP contribution in [0.5, 0.6) is 5.75 Å². The SMILES string of the molecule is Cc1cc(Cl)ccc1OCc1nc(Cl)c2cnn(C)c2n1. The molecule has 0 aliphatic heterocycles. The first kappa shape index (κ1) is 14.1. The van der Waals surface area contributed by atoms with Crippen LogP contribution in [0, 0.1) is 6.92 Å². The third-order valence-corrected chi connectivity index (χ3v) is 3.61. The molecule has 2 heterocycles. The molecule has 108 valence electrons. The fourth-order valence-corrected chi connectivity index (χ4v) is 2.47. The fraction of sp³-hybridized carbons (Fsp3) is 0.214. The number of ether oxygens (including phenoxy) is 1. The number of rotatable bonds is 3. The van der Waals surface area contributed by atoms with Crippen LogP contribution in [0.3, 0.4) is 0 Å². The quantitative estimate of drug-likeness (QED) is 0.692. The fourth-order valence-electron chi connectivity index (χ4n) is 2.01. The third-order valence-electron chi connectivity index (χ3n) is 3.09. The summed E-state index contributed by atoms with van der Waals surface area (Å²) >= 11 is 12.0. The van der Waals surface area contributed by atoms with Gasteiger partial charge in [0.05, 0.1) is 11.6 Å². The Morgan fingerprint density at radius 3 is 2.81 bits per heavy atom. The van der Waals surface area contributed by atoms with Gasteiger partial charge in [0.15, 0.2) is 11.5 Å². The summed E-state index contributed by atoms with van der Waals surface area (Å²) in [4.78, 5) is 8.64. The summed E-state index contributed by atoms with van der Waals surface area (Å²) in [5.41, 5.74) is 1.64. The number of aromatic nitrogens is 4. The Balaban J connectivity index is 1.86. The van der Waals surface area contributed by atoms with Crippen LogP contribution in [0.15, 0.2) is 24.4 Å². The lowest BCUT2D eigenvalue weighted by Gasteiger charge is -2.09. The maximum absolute atomic E-state index is 6.13.